The second-order valence-electron chi connectivity index (χ2n) is 8.29. The number of benzene rings is 2. The van der Waals surface area contributed by atoms with Crippen LogP contribution in [0.4, 0.5) is 0 Å². The van der Waals surface area contributed by atoms with Crippen LogP contribution >= 0.6 is 23.4 Å². The van der Waals surface area contributed by atoms with Gasteiger partial charge in [0.2, 0.25) is 11.8 Å². The maximum atomic E-state index is 13.2. The molecule has 0 fully saturated rings. The molecule has 0 aliphatic carbocycles. The minimum Gasteiger partial charge on any atom is -0.350 e. The van der Waals surface area contributed by atoms with Crippen molar-refractivity contribution in [2.75, 3.05) is 5.75 Å². The standard InChI is InChI=1S/C24H31ClN2O2S/c1-5-21(23(29)26-24(2,3)4)27(15-18-11-13-20(25)14-12-18)22(28)17-30-16-19-9-7-6-8-10-19/h6-14,21H,5,15-17H2,1-4H3,(H,26,29). The number of carbonyl (C=O) groups excluding carboxylic acids is 2. The van der Waals surface area contributed by atoms with E-state index in [2.05, 4.69) is 17.4 Å². The molecule has 0 saturated heterocycles. The van der Waals surface area contributed by atoms with Gasteiger partial charge in [-0.05, 0) is 50.5 Å². The van der Waals surface area contributed by atoms with E-state index in [9.17, 15) is 9.59 Å². The molecule has 2 amide bonds. The summed E-state index contributed by atoms with van der Waals surface area (Å²) in [6.45, 7) is 8.14. The number of nitrogens with one attached hydrogen (secondary N) is 1. The van der Waals surface area contributed by atoms with E-state index >= 15 is 0 Å². The topological polar surface area (TPSA) is 49.4 Å². The first kappa shape index (κ1) is 24.3. The Morgan fingerprint density at radius 1 is 1.03 bits per heavy atom. The molecular formula is C24H31ClN2O2S. The van der Waals surface area contributed by atoms with Crippen LogP contribution in [0.25, 0.3) is 0 Å². The van der Waals surface area contributed by atoms with Crippen molar-refractivity contribution in [3.63, 3.8) is 0 Å². The van der Waals surface area contributed by atoms with Gasteiger partial charge in [0.05, 0.1) is 5.75 Å². The zero-order valence-electron chi connectivity index (χ0n) is 18.2. The first-order valence-corrected chi connectivity index (χ1v) is 11.7. The van der Waals surface area contributed by atoms with Crippen molar-refractivity contribution in [3.05, 3.63) is 70.7 Å². The van der Waals surface area contributed by atoms with E-state index < -0.39 is 6.04 Å². The van der Waals surface area contributed by atoms with Crippen LogP contribution in [0.15, 0.2) is 54.6 Å². The smallest absolute Gasteiger partial charge is 0.243 e. The van der Waals surface area contributed by atoms with Crippen LogP contribution in [-0.4, -0.2) is 34.0 Å². The summed E-state index contributed by atoms with van der Waals surface area (Å²) in [5.74, 6) is 0.913. The summed E-state index contributed by atoms with van der Waals surface area (Å²) in [6.07, 6.45) is 0.546. The lowest BCUT2D eigenvalue weighted by Gasteiger charge is -2.33. The van der Waals surface area contributed by atoms with Crippen molar-refractivity contribution in [2.45, 2.75) is 58.0 Å². The predicted molar refractivity (Wildman–Crippen MR) is 127 cm³/mol. The van der Waals surface area contributed by atoms with Crippen LogP contribution in [0.5, 0.6) is 0 Å². The minimum atomic E-state index is -0.523. The Morgan fingerprint density at radius 3 is 2.23 bits per heavy atom. The van der Waals surface area contributed by atoms with Crippen molar-refractivity contribution >= 4 is 35.2 Å². The van der Waals surface area contributed by atoms with Gasteiger partial charge in [-0.25, -0.2) is 0 Å². The quantitative estimate of drug-likeness (QED) is 0.568. The largest absolute Gasteiger partial charge is 0.350 e. The average molecular weight is 447 g/mol. The Labute approximate surface area is 189 Å². The van der Waals surface area contributed by atoms with E-state index in [4.69, 9.17) is 11.6 Å². The molecule has 0 aliphatic heterocycles. The number of rotatable bonds is 9. The summed E-state index contributed by atoms with van der Waals surface area (Å²) in [5, 5.41) is 3.67. The molecule has 4 nitrogen and oxygen atoms in total. The molecule has 1 unspecified atom stereocenters. The van der Waals surface area contributed by atoms with Crippen LogP contribution in [0.3, 0.4) is 0 Å². The van der Waals surface area contributed by atoms with E-state index in [0.29, 0.717) is 23.7 Å². The lowest BCUT2D eigenvalue weighted by Crippen LogP contribution is -2.53. The lowest BCUT2D eigenvalue weighted by atomic mass is 10.1. The second kappa shape index (κ2) is 11.4. The first-order chi connectivity index (χ1) is 14.2. The predicted octanol–water partition coefficient (Wildman–Crippen LogP) is 5.30. The highest BCUT2D eigenvalue weighted by Gasteiger charge is 2.30. The summed E-state index contributed by atoms with van der Waals surface area (Å²) in [5.41, 5.74) is 1.77. The number of carbonyl (C=O) groups is 2. The molecule has 1 N–H and O–H groups in total. The van der Waals surface area contributed by atoms with Crippen LogP contribution in [0.1, 0.15) is 45.2 Å². The van der Waals surface area contributed by atoms with Crippen molar-refractivity contribution in [1.29, 1.82) is 0 Å². The average Bonchev–Trinajstić information content (AvgIpc) is 2.68. The molecule has 0 bridgehead atoms. The van der Waals surface area contributed by atoms with E-state index in [1.54, 1.807) is 28.8 Å². The zero-order chi connectivity index (χ0) is 22.1. The summed E-state index contributed by atoms with van der Waals surface area (Å²) in [6, 6.07) is 16.9. The van der Waals surface area contributed by atoms with Gasteiger partial charge in [-0.1, -0.05) is 61.0 Å². The van der Waals surface area contributed by atoms with Crippen LogP contribution < -0.4 is 5.32 Å². The molecular weight excluding hydrogens is 416 g/mol. The summed E-state index contributed by atoms with van der Waals surface area (Å²) >= 11 is 7.57. The maximum absolute atomic E-state index is 13.2. The third kappa shape index (κ3) is 8.04. The molecule has 0 aliphatic rings. The molecule has 30 heavy (non-hydrogen) atoms. The van der Waals surface area contributed by atoms with Crippen LogP contribution in [-0.2, 0) is 21.9 Å². The molecule has 0 saturated carbocycles. The molecule has 0 radical (unpaired) electrons. The molecule has 0 aromatic heterocycles. The minimum absolute atomic E-state index is 0.0400. The molecule has 1 atom stereocenters. The molecule has 0 heterocycles. The molecule has 6 heteroatoms. The van der Waals surface area contributed by atoms with Gasteiger partial charge in [-0.2, -0.15) is 0 Å². The van der Waals surface area contributed by atoms with Gasteiger partial charge >= 0.3 is 0 Å². The Balaban J connectivity index is 2.14. The number of thioether (sulfide) groups is 1. The Kier molecular flexibility index (Phi) is 9.25. The Hall–Kier alpha value is -1.98. The van der Waals surface area contributed by atoms with Gasteiger partial charge in [-0.3, -0.25) is 9.59 Å². The van der Waals surface area contributed by atoms with E-state index in [-0.39, 0.29) is 17.4 Å². The fourth-order valence-corrected chi connectivity index (χ4v) is 4.07. The number of amides is 2. The third-order valence-corrected chi connectivity index (χ3v) is 5.73. The van der Waals surface area contributed by atoms with Crippen molar-refractivity contribution in [3.8, 4) is 0 Å². The van der Waals surface area contributed by atoms with Crippen molar-refractivity contribution in [2.24, 2.45) is 0 Å². The van der Waals surface area contributed by atoms with E-state index in [1.807, 2.05) is 58.0 Å². The van der Waals surface area contributed by atoms with Crippen LogP contribution in [0, 0.1) is 0 Å². The zero-order valence-corrected chi connectivity index (χ0v) is 19.7. The van der Waals surface area contributed by atoms with Gasteiger partial charge in [0, 0.05) is 22.9 Å². The molecule has 162 valence electrons. The van der Waals surface area contributed by atoms with Crippen molar-refractivity contribution < 1.29 is 9.59 Å². The number of hydrogen-bond acceptors (Lipinski definition) is 3. The fraction of sp³-hybridized carbons (Fsp3) is 0.417. The highest BCUT2D eigenvalue weighted by Crippen LogP contribution is 2.19. The van der Waals surface area contributed by atoms with Gasteiger partial charge in [0.1, 0.15) is 6.04 Å². The molecule has 2 rings (SSSR count). The van der Waals surface area contributed by atoms with Gasteiger partial charge in [0.15, 0.2) is 0 Å². The second-order valence-corrected chi connectivity index (χ2v) is 9.71. The summed E-state index contributed by atoms with van der Waals surface area (Å²) in [7, 11) is 0. The number of nitrogens with zero attached hydrogens (tertiary/aromatic N) is 1. The normalized spacial score (nSPS) is 12.3. The number of halogens is 1. The van der Waals surface area contributed by atoms with E-state index in [1.165, 1.54) is 5.56 Å². The SMILES string of the molecule is CCC(C(=O)NC(C)(C)C)N(Cc1ccc(Cl)cc1)C(=O)CSCc1ccccc1. The first-order valence-electron chi connectivity index (χ1n) is 10.2. The summed E-state index contributed by atoms with van der Waals surface area (Å²) in [4.78, 5) is 27.8. The highest BCUT2D eigenvalue weighted by molar-refractivity contribution is 7.99. The summed E-state index contributed by atoms with van der Waals surface area (Å²) < 4.78 is 0. The van der Waals surface area contributed by atoms with Crippen LogP contribution in [0.2, 0.25) is 5.02 Å². The lowest BCUT2D eigenvalue weighted by molar-refractivity contribution is -0.140. The molecule has 0 spiro atoms. The van der Waals surface area contributed by atoms with E-state index in [0.717, 1.165) is 11.3 Å². The van der Waals surface area contributed by atoms with Crippen molar-refractivity contribution in [1.82, 2.24) is 10.2 Å². The van der Waals surface area contributed by atoms with Gasteiger partial charge < -0.3 is 10.2 Å². The maximum Gasteiger partial charge on any atom is 0.243 e. The van der Waals surface area contributed by atoms with Gasteiger partial charge in [-0.15, -0.1) is 11.8 Å². The fourth-order valence-electron chi connectivity index (χ4n) is 3.07. The number of hydrogen-bond donors (Lipinski definition) is 1. The molecule has 2 aromatic rings. The highest BCUT2D eigenvalue weighted by atomic mass is 35.5. The third-order valence-electron chi connectivity index (χ3n) is 4.49. The molecule has 2 aromatic carbocycles. The Morgan fingerprint density at radius 2 is 1.67 bits per heavy atom. The monoisotopic (exact) mass is 446 g/mol. The van der Waals surface area contributed by atoms with Gasteiger partial charge in [0.25, 0.3) is 0 Å². The Bertz CT molecular complexity index is 819.